The van der Waals surface area contributed by atoms with Crippen LogP contribution in [-0.4, -0.2) is 47.4 Å². The second-order valence-corrected chi connectivity index (χ2v) is 22.8. The van der Waals surface area contributed by atoms with E-state index in [1.54, 1.807) is 0 Å². The van der Waals surface area contributed by atoms with Crippen LogP contribution in [0.5, 0.6) is 0 Å². The third kappa shape index (κ3) is 60.9. The van der Waals surface area contributed by atoms with Gasteiger partial charge in [-0.25, -0.2) is 0 Å². The van der Waals surface area contributed by atoms with E-state index in [9.17, 15) is 19.8 Å². The molecule has 0 saturated carbocycles. The Kier molecular flexibility index (Phi) is 62.5. The number of hydrogen-bond donors (Lipinski definition) is 3. The SMILES string of the molecule is CCCCCC/C=C\C/C=C\CCCCCCCC(=O)OCCCCCCCCCCC/C=C\C/C=C\CCCCCCCCCCCC(=O)NC(CO)C(O)CCCCCCCCCCCCCCCCCCC. The van der Waals surface area contributed by atoms with Gasteiger partial charge in [0.05, 0.1) is 25.4 Å². The smallest absolute Gasteiger partial charge is 0.305 e. The summed E-state index contributed by atoms with van der Waals surface area (Å²) in [6.07, 6.45) is 82.7. The van der Waals surface area contributed by atoms with Crippen molar-refractivity contribution in [2.24, 2.45) is 0 Å². The zero-order chi connectivity index (χ0) is 54.3. The molecule has 0 aromatic rings. The number of hydrogen-bond acceptors (Lipinski definition) is 5. The first-order valence-electron chi connectivity index (χ1n) is 33.4. The molecule has 2 unspecified atom stereocenters. The third-order valence-electron chi connectivity index (χ3n) is 15.4. The van der Waals surface area contributed by atoms with Gasteiger partial charge in [-0.2, -0.15) is 0 Å². The number of carbonyl (C=O) groups excluding carboxylic acids is 2. The second-order valence-electron chi connectivity index (χ2n) is 22.8. The standard InChI is InChI=1S/C69H129NO5/c1-3-5-7-9-11-13-15-17-19-30-33-37-41-45-49-53-57-61-67(72)66(65-71)70-68(73)62-58-54-50-46-42-38-34-31-28-26-24-22-21-23-25-27-29-32-36-40-44-48-52-56-60-64-75-69(74)63-59-55-51-47-43-39-35-20-18-16-14-12-10-8-6-4-2/h14,16,20,22-25,35,66-67,71-72H,3-13,15,17-19,21,26-34,36-65H2,1-2H3,(H,70,73)/b16-14-,24-22-,25-23-,35-20-. The van der Waals surface area contributed by atoms with Gasteiger partial charge < -0.3 is 20.3 Å². The number of esters is 1. The summed E-state index contributed by atoms with van der Waals surface area (Å²) in [7, 11) is 0. The number of allylic oxidation sites excluding steroid dienone is 8. The van der Waals surface area contributed by atoms with Crippen LogP contribution in [0.3, 0.4) is 0 Å². The average molecular weight is 1050 g/mol. The molecule has 3 N–H and O–H groups in total. The number of rotatable bonds is 62. The van der Waals surface area contributed by atoms with Crippen molar-refractivity contribution in [1.29, 1.82) is 0 Å². The monoisotopic (exact) mass is 1050 g/mol. The van der Waals surface area contributed by atoms with Crippen LogP contribution < -0.4 is 5.32 Å². The van der Waals surface area contributed by atoms with Crippen molar-refractivity contribution in [2.75, 3.05) is 13.2 Å². The molecule has 0 rings (SSSR count). The first-order chi connectivity index (χ1) is 37.0. The fourth-order valence-electron chi connectivity index (χ4n) is 10.2. The molecule has 6 nitrogen and oxygen atoms in total. The van der Waals surface area contributed by atoms with Crippen LogP contribution in [0.2, 0.25) is 0 Å². The van der Waals surface area contributed by atoms with Crippen molar-refractivity contribution >= 4 is 11.9 Å². The molecule has 0 aliphatic carbocycles. The van der Waals surface area contributed by atoms with E-state index >= 15 is 0 Å². The Balaban J connectivity index is 3.44. The molecule has 75 heavy (non-hydrogen) atoms. The highest BCUT2D eigenvalue weighted by Gasteiger charge is 2.20. The molecular weight excluding hydrogens is 923 g/mol. The predicted octanol–water partition coefficient (Wildman–Crippen LogP) is 21.3. The minimum atomic E-state index is -0.670. The summed E-state index contributed by atoms with van der Waals surface area (Å²) in [6.45, 7) is 4.94. The lowest BCUT2D eigenvalue weighted by Gasteiger charge is -2.22. The van der Waals surface area contributed by atoms with E-state index in [-0.39, 0.29) is 18.5 Å². The number of aliphatic hydroxyl groups excluding tert-OH is 2. The average Bonchev–Trinajstić information content (AvgIpc) is 3.41. The molecule has 0 bridgehead atoms. The maximum absolute atomic E-state index is 12.5. The van der Waals surface area contributed by atoms with E-state index in [2.05, 4.69) is 67.8 Å². The Hall–Kier alpha value is -2.18. The number of unbranched alkanes of at least 4 members (excludes halogenated alkanes) is 43. The van der Waals surface area contributed by atoms with Crippen molar-refractivity contribution < 1.29 is 24.5 Å². The molecule has 2 atom stereocenters. The minimum Gasteiger partial charge on any atom is -0.466 e. The Labute approximate surface area is 467 Å². The van der Waals surface area contributed by atoms with Crippen molar-refractivity contribution in [1.82, 2.24) is 5.32 Å². The molecule has 0 radical (unpaired) electrons. The molecule has 6 heteroatoms. The summed E-state index contributed by atoms with van der Waals surface area (Å²) in [5.74, 6) is -0.0437. The number of carbonyl (C=O) groups is 2. The van der Waals surface area contributed by atoms with E-state index in [1.807, 2.05) is 0 Å². The van der Waals surface area contributed by atoms with Crippen LogP contribution in [0.15, 0.2) is 48.6 Å². The summed E-state index contributed by atoms with van der Waals surface area (Å²) >= 11 is 0. The van der Waals surface area contributed by atoms with Gasteiger partial charge in [0.1, 0.15) is 0 Å². The lowest BCUT2D eigenvalue weighted by molar-refractivity contribution is -0.143. The van der Waals surface area contributed by atoms with Gasteiger partial charge in [-0.15, -0.1) is 0 Å². The van der Waals surface area contributed by atoms with Crippen LogP contribution in [-0.2, 0) is 14.3 Å². The fourth-order valence-corrected chi connectivity index (χ4v) is 10.2. The first-order valence-corrected chi connectivity index (χ1v) is 33.4. The van der Waals surface area contributed by atoms with Gasteiger partial charge in [-0.05, 0) is 89.9 Å². The van der Waals surface area contributed by atoms with E-state index in [4.69, 9.17) is 4.74 Å². The lowest BCUT2D eigenvalue weighted by atomic mass is 10.0. The quantitative estimate of drug-likeness (QED) is 0.0320. The van der Waals surface area contributed by atoms with Gasteiger partial charge >= 0.3 is 5.97 Å². The molecule has 0 saturated heterocycles. The Morgan fingerprint density at radius 3 is 1.03 bits per heavy atom. The first kappa shape index (κ1) is 72.8. The van der Waals surface area contributed by atoms with Crippen molar-refractivity contribution in [3.05, 3.63) is 48.6 Å². The van der Waals surface area contributed by atoms with Gasteiger partial charge in [0.2, 0.25) is 5.91 Å². The highest BCUT2D eigenvalue weighted by atomic mass is 16.5. The highest BCUT2D eigenvalue weighted by molar-refractivity contribution is 5.76. The molecular formula is C69H129NO5. The molecule has 0 aliphatic heterocycles. The van der Waals surface area contributed by atoms with Crippen LogP contribution in [0.25, 0.3) is 0 Å². The number of nitrogens with one attached hydrogen (secondary N) is 1. The molecule has 0 aromatic carbocycles. The fraction of sp³-hybridized carbons (Fsp3) is 0.855. The van der Waals surface area contributed by atoms with Crippen molar-refractivity contribution in [3.63, 3.8) is 0 Å². The zero-order valence-electron chi connectivity index (χ0n) is 50.3. The van der Waals surface area contributed by atoms with Crippen LogP contribution in [0, 0.1) is 0 Å². The largest absolute Gasteiger partial charge is 0.466 e. The zero-order valence-corrected chi connectivity index (χ0v) is 50.3. The summed E-state index contributed by atoms with van der Waals surface area (Å²) < 4.78 is 5.48. The number of aliphatic hydroxyl groups is 2. The molecule has 1 amide bonds. The Morgan fingerprint density at radius 1 is 0.373 bits per heavy atom. The van der Waals surface area contributed by atoms with Crippen LogP contribution in [0.4, 0.5) is 0 Å². The summed E-state index contributed by atoms with van der Waals surface area (Å²) in [4.78, 5) is 24.6. The number of ether oxygens (including phenoxy) is 1. The molecule has 0 aromatic heterocycles. The topological polar surface area (TPSA) is 95.9 Å². The predicted molar refractivity (Wildman–Crippen MR) is 329 cm³/mol. The van der Waals surface area contributed by atoms with Gasteiger partial charge in [-0.1, -0.05) is 300 Å². The number of amides is 1. The summed E-state index contributed by atoms with van der Waals surface area (Å²) in [6, 6.07) is -0.547. The normalized spacial score (nSPS) is 12.9. The molecule has 0 heterocycles. The van der Waals surface area contributed by atoms with Gasteiger partial charge in [0.25, 0.3) is 0 Å². The Morgan fingerprint density at radius 2 is 0.667 bits per heavy atom. The van der Waals surface area contributed by atoms with Gasteiger partial charge in [0, 0.05) is 12.8 Å². The maximum Gasteiger partial charge on any atom is 0.305 e. The minimum absolute atomic E-state index is 0.00443. The third-order valence-corrected chi connectivity index (χ3v) is 15.4. The lowest BCUT2D eigenvalue weighted by Crippen LogP contribution is -2.45. The van der Waals surface area contributed by atoms with Crippen LogP contribution >= 0.6 is 0 Å². The van der Waals surface area contributed by atoms with E-state index in [0.29, 0.717) is 25.9 Å². The van der Waals surface area contributed by atoms with Gasteiger partial charge in [-0.3, -0.25) is 9.59 Å². The molecule has 0 fully saturated rings. The molecule has 0 aliphatic rings. The molecule has 440 valence electrons. The van der Waals surface area contributed by atoms with E-state index < -0.39 is 12.1 Å². The highest BCUT2D eigenvalue weighted by Crippen LogP contribution is 2.18. The molecule has 0 spiro atoms. The van der Waals surface area contributed by atoms with Crippen molar-refractivity contribution in [2.45, 2.75) is 366 Å². The van der Waals surface area contributed by atoms with Gasteiger partial charge in [0.15, 0.2) is 0 Å². The Bertz CT molecular complexity index is 1260. The van der Waals surface area contributed by atoms with Crippen molar-refractivity contribution in [3.8, 4) is 0 Å². The summed E-state index contributed by atoms with van der Waals surface area (Å²) in [5, 5.41) is 23.3. The van der Waals surface area contributed by atoms with E-state index in [0.717, 1.165) is 57.8 Å². The van der Waals surface area contributed by atoms with E-state index in [1.165, 1.54) is 263 Å². The maximum atomic E-state index is 12.5. The summed E-state index contributed by atoms with van der Waals surface area (Å²) in [5.41, 5.74) is 0. The van der Waals surface area contributed by atoms with Crippen LogP contribution in [0.1, 0.15) is 354 Å². The second kappa shape index (κ2) is 64.3.